The molecule has 0 unspecified atom stereocenters. The average molecular weight is 336 g/mol. The first-order valence-electron chi connectivity index (χ1n) is 7.32. The molecule has 0 spiro atoms. The Hall–Kier alpha value is -2.12. The van der Waals surface area contributed by atoms with Crippen LogP contribution in [-0.4, -0.2) is 14.3 Å². The Morgan fingerprint density at radius 1 is 1.22 bits per heavy atom. The molecule has 1 amide bonds. The van der Waals surface area contributed by atoms with Crippen molar-refractivity contribution < 1.29 is 17.6 Å². The van der Waals surface area contributed by atoms with E-state index in [1.165, 1.54) is 6.92 Å². The maximum atomic E-state index is 12.3. The van der Waals surface area contributed by atoms with Crippen molar-refractivity contribution in [2.24, 2.45) is 5.14 Å². The van der Waals surface area contributed by atoms with Crippen molar-refractivity contribution in [2.45, 2.75) is 38.5 Å². The highest BCUT2D eigenvalue weighted by atomic mass is 32.2. The maximum absolute atomic E-state index is 12.3. The highest BCUT2D eigenvalue weighted by Crippen LogP contribution is 2.22. The number of anilines is 1. The molecule has 0 saturated carbocycles. The Kier molecular flexibility index (Phi) is 4.91. The van der Waals surface area contributed by atoms with Gasteiger partial charge in [0.05, 0.1) is 0 Å². The van der Waals surface area contributed by atoms with Crippen LogP contribution in [0.1, 0.15) is 41.3 Å². The molecule has 0 bridgehead atoms. The number of aryl methyl sites for hydroxylation is 3. The number of hydrogen-bond acceptors (Lipinski definition) is 4. The lowest BCUT2D eigenvalue weighted by atomic mass is 10.1. The lowest BCUT2D eigenvalue weighted by molar-refractivity contribution is 0.0995. The van der Waals surface area contributed by atoms with Crippen LogP contribution in [0, 0.1) is 6.92 Å². The summed E-state index contributed by atoms with van der Waals surface area (Å²) >= 11 is 0. The fourth-order valence-electron chi connectivity index (χ4n) is 2.31. The van der Waals surface area contributed by atoms with E-state index in [9.17, 15) is 13.2 Å². The second-order valence-electron chi connectivity index (χ2n) is 5.23. The van der Waals surface area contributed by atoms with Crippen molar-refractivity contribution in [1.82, 2.24) is 0 Å². The van der Waals surface area contributed by atoms with E-state index in [1.54, 1.807) is 0 Å². The SMILES string of the molecule is CCc1ccc(CC)c(NC(=O)c2cc(S(N)(=O)=O)c(C)o2)c1. The van der Waals surface area contributed by atoms with Gasteiger partial charge >= 0.3 is 0 Å². The molecular formula is C16H20N2O4S. The van der Waals surface area contributed by atoms with Crippen molar-refractivity contribution in [3.8, 4) is 0 Å². The molecule has 1 aromatic heterocycles. The van der Waals surface area contributed by atoms with E-state index in [2.05, 4.69) is 5.32 Å². The number of amides is 1. The summed E-state index contributed by atoms with van der Waals surface area (Å²) in [7, 11) is -3.92. The zero-order valence-corrected chi connectivity index (χ0v) is 14.2. The maximum Gasteiger partial charge on any atom is 0.291 e. The third-order valence-corrected chi connectivity index (χ3v) is 4.63. The van der Waals surface area contributed by atoms with Gasteiger partial charge in [0, 0.05) is 11.8 Å². The summed E-state index contributed by atoms with van der Waals surface area (Å²) in [6.07, 6.45) is 1.61. The monoisotopic (exact) mass is 336 g/mol. The van der Waals surface area contributed by atoms with Crippen LogP contribution in [0.3, 0.4) is 0 Å². The molecule has 0 aliphatic rings. The van der Waals surface area contributed by atoms with Crippen molar-refractivity contribution >= 4 is 21.6 Å². The minimum Gasteiger partial charge on any atom is -0.455 e. The Morgan fingerprint density at radius 2 is 1.91 bits per heavy atom. The zero-order valence-electron chi connectivity index (χ0n) is 13.3. The molecule has 6 nitrogen and oxygen atoms in total. The van der Waals surface area contributed by atoms with Crippen molar-refractivity contribution in [2.75, 3.05) is 5.32 Å². The molecule has 1 heterocycles. The molecular weight excluding hydrogens is 316 g/mol. The standard InChI is InChI=1S/C16H20N2O4S/c1-4-11-6-7-12(5-2)13(8-11)18-16(19)14-9-15(10(3)22-14)23(17,20)21/h6-9H,4-5H2,1-3H3,(H,18,19)(H2,17,20,21). The smallest absolute Gasteiger partial charge is 0.291 e. The molecule has 2 rings (SSSR count). The fourth-order valence-corrected chi connectivity index (χ4v) is 3.03. The fraction of sp³-hybridized carbons (Fsp3) is 0.312. The highest BCUT2D eigenvalue weighted by Gasteiger charge is 2.21. The first kappa shape index (κ1) is 17.2. The molecule has 0 saturated heterocycles. The molecule has 0 atom stereocenters. The number of furan rings is 1. The summed E-state index contributed by atoms with van der Waals surface area (Å²) in [6, 6.07) is 7.05. The van der Waals surface area contributed by atoms with Crippen molar-refractivity contribution in [1.29, 1.82) is 0 Å². The lowest BCUT2D eigenvalue weighted by Crippen LogP contribution is -2.14. The van der Waals surface area contributed by atoms with Gasteiger partial charge in [-0.25, -0.2) is 13.6 Å². The quantitative estimate of drug-likeness (QED) is 0.876. The number of primary sulfonamides is 1. The van der Waals surface area contributed by atoms with E-state index < -0.39 is 15.9 Å². The van der Waals surface area contributed by atoms with E-state index >= 15 is 0 Å². The van der Waals surface area contributed by atoms with Crippen LogP contribution in [0.15, 0.2) is 33.6 Å². The predicted molar refractivity (Wildman–Crippen MR) is 88.0 cm³/mol. The number of rotatable bonds is 5. The minimum atomic E-state index is -3.92. The molecule has 7 heteroatoms. The van der Waals surface area contributed by atoms with Crippen LogP contribution >= 0.6 is 0 Å². The first-order chi connectivity index (χ1) is 10.8. The van der Waals surface area contributed by atoms with Gasteiger partial charge in [-0.1, -0.05) is 26.0 Å². The van der Waals surface area contributed by atoms with E-state index in [0.29, 0.717) is 5.69 Å². The van der Waals surface area contributed by atoms with Gasteiger partial charge in [0.1, 0.15) is 10.7 Å². The molecule has 23 heavy (non-hydrogen) atoms. The van der Waals surface area contributed by atoms with E-state index in [4.69, 9.17) is 9.56 Å². The van der Waals surface area contributed by atoms with Gasteiger partial charge in [-0.3, -0.25) is 4.79 Å². The van der Waals surface area contributed by atoms with Gasteiger partial charge in [0.15, 0.2) is 5.76 Å². The van der Waals surface area contributed by atoms with Crippen LogP contribution in [-0.2, 0) is 22.9 Å². The summed E-state index contributed by atoms with van der Waals surface area (Å²) < 4.78 is 28.1. The minimum absolute atomic E-state index is 0.0875. The second kappa shape index (κ2) is 6.55. The van der Waals surface area contributed by atoms with Crippen molar-refractivity contribution in [3.05, 3.63) is 46.9 Å². The van der Waals surface area contributed by atoms with Gasteiger partial charge in [-0.05, 0) is 37.0 Å². The molecule has 0 aliphatic carbocycles. The Labute approximate surface area is 135 Å². The second-order valence-corrected chi connectivity index (χ2v) is 6.76. The molecule has 3 N–H and O–H groups in total. The highest BCUT2D eigenvalue weighted by molar-refractivity contribution is 7.89. The summed E-state index contributed by atoms with van der Waals surface area (Å²) in [5.74, 6) is -0.503. The molecule has 2 aromatic rings. The summed E-state index contributed by atoms with van der Waals surface area (Å²) in [5, 5.41) is 7.86. The van der Waals surface area contributed by atoms with Crippen LogP contribution < -0.4 is 10.5 Å². The largest absolute Gasteiger partial charge is 0.455 e. The van der Waals surface area contributed by atoms with Gasteiger partial charge in [0.2, 0.25) is 10.0 Å². The zero-order chi connectivity index (χ0) is 17.2. The third kappa shape index (κ3) is 3.80. The lowest BCUT2D eigenvalue weighted by Gasteiger charge is -2.10. The van der Waals surface area contributed by atoms with Crippen LogP contribution in [0.5, 0.6) is 0 Å². The van der Waals surface area contributed by atoms with Crippen molar-refractivity contribution in [3.63, 3.8) is 0 Å². The summed E-state index contributed by atoms with van der Waals surface area (Å²) in [5.41, 5.74) is 2.78. The summed E-state index contributed by atoms with van der Waals surface area (Å²) in [6.45, 7) is 5.47. The van der Waals surface area contributed by atoms with Crippen LogP contribution in [0.2, 0.25) is 0 Å². The molecule has 124 valence electrons. The van der Waals surface area contributed by atoms with E-state index in [-0.39, 0.29) is 16.4 Å². The number of benzene rings is 1. The Balaban J connectivity index is 2.33. The van der Waals surface area contributed by atoms with Gasteiger partial charge in [-0.15, -0.1) is 0 Å². The normalized spacial score (nSPS) is 11.5. The number of nitrogens with one attached hydrogen (secondary N) is 1. The van der Waals surface area contributed by atoms with Gasteiger partial charge in [-0.2, -0.15) is 0 Å². The van der Waals surface area contributed by atoms with Crippen LogP contribution in [0.25, 0.3) is 0 Å². The number of nitrogens with two attached hydrogens (primary N) is 1. The summed E-state index contributed by atoms with van der Waals surface area (Å²) in [4.78, 5) is 12.2. The predicted octanol–water partition coefficient (Wildman–Crippen LogP) is 2.61. The molecule has 0 aliphatic heterocycles. The van der Waals surface area contributed by atoms with Gasteiger partial charge < -0.3 is 9.73 Å². The van der Waals surface area contributed by atoms with Gasteiger partial charge in [0.25, 0.3) is 5.91 Å². The number of carbonyl (C=O) groups is 1. The Morgan fingerprint density at radius 3 is 2.43 bits per heavy atom. The Bertz CT molecular complexity index is 838. The van der Waals surface area contributed by atoms with Crippen LogP contribution in [0.4, 0.5) is 5.69 Å². The molecule has 0 fully saturated rings. The van der Waals surface area contributed by atoms with E-state index in [1.807, 2.05) is 32.0 Å². The third-order valence-electron chi connectivity index (χ3n) is 3.61. The first-order valence-corrected chi connectivity index (χ1v) is 8.87. The average Bonchev–Trinajstić information content (AvgIpc) is 2.89. The molecule has 1 aromatic carbocycles. The number of hydrogen-bond donors (Lipinski definition) is 2. The van der Waals surface area contributed by atoms with E-state index in [0.717, 1.165) is 30.0 Å². The topological polar surface area (TPSA) is 102 Å². The number of sulfonamides is 1. The molecule has 0 radical (unpaired) electrons. The number of carbonyl (C=O) groups excluding carboxylic acids is 1.